The zero-order valence-electron chi connectivity index (χ0n) is 9.21. The van der Waals surface area contributed by atoms with Gasteiger partial charge in [0.25, 0.3) is 0 Å². The molecule has 0 saturated heterocycles. The van der Waals surface area contributed by atoms with Crippen molar-refractivity contribution in [1.29, 1.82) is 0 Å². The standard InChI is InChI=1S/C11H11N3OS2/c1-7-2-4-8(5-3-7)10-13-11(17-14-10)16-6-9(12)15/h2-5H,6H2,1H3,(H2,12,15). The third-order valence-electron chi connectivity index (χ3n) is 2.06. The van der Waals surface area contributed by atoms with Gasteiger partial charge in [0.05, 0.1) is 5.75 Å². The number of benzene rings is 1. The molecular weight excluding hydrogens is 254 g/mol. The number of nitrogens with zero attached hydrogens (tertiary/aromatic N) is 2. The maximum atomic E-state index is 10.6. The normalized spacial score (nSPS) is 10.4. The van der Waals surface area contributed by atoms with Crippen LogP contribution in [0.2, 0.25) is 0 Å². The average molecular weight is 265 g/mol. The first-order valence-electron chi connectivity index (χ1n) is 4.97. The van der Waals surface area contributed by atoms with Crippen molar-refractivity contribution in [2.45, 2.75) is 11.3 Å². The lowest BCUT2D eigenvalue weighted by Crippen LogP contribution is -2.12. The van der Waals surface area contributed by atoms with Crippen LogP contribution >= 0.6 is 23.3 Å². The molecule has 0 unspecified atom stereocenters. The smallest absolute Gasteiger partial charge is 0.227 e. The lowest BCUT2D eigenvalue weighted by Gasteiger charge is -1.95. The van der Waals surface area contributed by atoms with E-state index in [0.29, 0.717) is 5.82 Å². The van der Waals surface area contributed by atoms with E-state index < -0.39 is 0 Å². The Balaban J connectivity index is 2.12. The van der Waals surface area contributed by atoms with Gasteiger partial charge >= 0.3 is 0 Å². The molecule has 0 atom stereocenters. The van der Waals surface area contributed by atoms with E-state index in [4.69, 9.17) is 5.73 Å². The average Bonchev–Trinajstić information content (AvgIpc) is 2.76. The number of nitrogens with two attached hydrogens (primary N) is 1. The van der Waals surface area contributed by atoms with Crippen molar-refractivity contribution >= 4 is 29.2 Å². The topological polar surface area (TPSA) is 68.9 Å². The number of carbonyl (C=O) groups is 1. The molecule has 2 N–H and O–H groups in total. The number of hydrogen-bond donors (Lipinski definition) is 1. The second-order valence-electron chi connectivity index (χ2n) is 3.50. The molecule has 0 aliphatic heterocycles. The molecule has 0 bridgehead atoms. The van der Waals surface area contributed by atoms with Gasteiger partial charge in [-0.25, -0.2) is 4.98 Å². The predicted octanol–water partition coefficient (Wildman–Crippen LogP) is 2.09. The molecule has 0 aliphatic carbocycles. The number of primary amides is 1. The minimum Gasteiger partial charge on any atom is -0.369 e. The van der Waals surface area contributed by atoms with Gasteiger partial charge in [-0.05, 0) is 18.5 Å². The van der Waals surface area contributed by atoms with Crippen LogP contribution < -0.4 is 5.73 Å². The summed E-state index contributed by atoms with van der Waals surface area (Å²) in [5.74, 6) is 0.590. The maximum Gasteiger partial charge on any atom is 0.227 e. The molecule has 0 aliphatic rings. The van der Waals surface area contributed by atoms with Gasteiger partial charge in [-0.3, -0.25) is 4.79 Å². The number of thioether (sulfide) groups is 1. The van der Waals surface area contributed by atoms with Crippen LogP contribution in [-0.4, -0.2) is 21.0 Å². The molecule has 6 heteroatoms. The minimum atomic E-state index is -0.345. The summed E-state index contributed by atoms with van der Waals surface area (Å²) in [6.45, 7) is 2.03. The van der Waals surface area contributed by atoms with Gasteiger partial charge in [-0.15, -0.1) is 0 Å². The first-order valence-corrected chi connectivity index (χ1v) is 6.73. The Morgan fingerprint density at radius 3 is 2.76 bits per heavy atom. The van der Waals surface area contributed by atoms with Gasteiger partial charge in [0, 0.05) is 5.56 Å². The lowest BCUT2D eigenvalue weighted by atomic mass is 10.1. The van der Waals surface area contributed by atoms with E-state index in [9.17, 15) is 4.79 Å². The molecule has 1 heterocycles. The summed E-state index contributed by atoms with van der Waals surface area (Å²) < 4.78 is 5.01. The molecule has 2 rings (SSSR count). The van der Waals surface area contributed by atoms with Crippen LogP contribution in [0, 0.1) is 6.92 Å². The van der Waals surface area contributed by atoms with Crippen molar-refractivity contribution in [3.8, 4) is 11.4 Å². The van der Waals surface area contributed by atoms with Gasteiger partial charge in [-0.1, -0.05) is 41.6 Å². The Morgan fingerprint density at radius 1 is 1.41 bits per heavy atom. The predicted molar refractivity (Wildman–Crippen MR) is 70.0 cm³/mol. The third-order valence-corrected chi connectivity index (χ3v) is 3.91. The first kappa shape index (κ1) is 12.1. The molecule has 0 spiro atoms. The number of aromatic nitrogens is 2. The van der Waals surface area contributed by atoms with Gasteiger partial charge in [-0.2, -0.15) is 4.37 Å². The molecule has 0 radical (unpaired) electrons. The molecule has 4 nitrogen and oxygen atoms in total. The SMILES string of the molecule is Cc1ccc(-c2nsc(SCC(N)=O)n2)cc1. The molecule has 0 fully saturated rings. The zero-order valence-corrected chi connectivity index (χ0v) is 10.8. The van der Waals surface area contributed by atoms with Crippen LogP contribution in [0.1, 0.15) is 5.56 Å². The molecule has 1 aromatic carbocycles. The van der Waals surface area contributed by atoms with Gasteiger partial charge in [0.2, 0.25) is 5.91 Å². The van der Waals surface area contributed by atoms with Crippen molar-refractivity contribution in [3.63, 3.8) is 0 Å². The zero-order chi connectivity index (χ0) is 12.3. The summed E-state index contributed by atoms with van der Waals surface area (Å²) in [7, 11) is 0. The fourth-order valence-corrected chi connectivity index (χ4v) is 2.58. The van der Waals surface area contributed by atoms with Crippen LogP contribution in [0.3, 0.4) is 0 Å². The van der Waals surface area contributed by atoms with E-state index in [2.05, 4.69) is 9.36 Å². The van der Waals surface area contributed by atoms with E-state index in [1.54, 1.807) is 0 Å². The molecular formula is C11H11N3OS2. The van der Waals surface area contributed by atoms with Crippen LogP contribution in [0.15, 0.2) is 28.6 Å². The van der Waals surface area contributed by atoms with Crippen LogP contribution in [0.5, 0.6) is 0 Å². The van der Waals surface area contributed by atoms with Gasteiger partial charge < -0.3 is 5.73 Å². The van der Waals surface area contributed by atoms with Gasteiger partial charge in [0.15, 0.2) is 10.2 Å². The second-order valence-corrected chi connectivity index (χ2v) is 5.48. The van der Waals surface area contributed by atoms with Crippen LogP contribution in [0.4, 0.5) is 0 Å². The Hall–Kier alpha value is -1.40. The van der Waals surface area contributed by atoms with E-state index >= 15 is 0 Å². The summed E-state index contributed by atoms with van der Waals surface area (Å²) in [4.78, 5) is 15.0. The molecule has 17 heavy (non-hydrogen) atoms. The van der Waals surface area contributed by atoms with Crippen molar-refractivity contribution in [1.82, 2.24) is 9.36 Å². The number of hydrogen-bond acceptors (Lipinski definition) is 5. The lowest BCUT2D eigenvalue weighted by molar-refractivity contribution is -0.115. The maximum absolute atomic E-state index is 10.6. The molecule has 1 aromatic heterocycles. The number of carbonyl (C=O) groups excluding carboxylic acids is 1. The van der Waals surface area contributed by atoms with Crippen molar-refractivity contribution in [2.75, 3.05) is 5.75 Å². The molecule has 0 saturated carbocycles. The molecule has 2 aromatic rings. The number of aryl methyl sites for hydroxylation is 1. The van der Waals surface area contributed by atoms with E-state index in [0.717, 1.165) is 9.90 Å². The van der Waals surface area contributed by atoms with E-state index in [-0.39, 0.29) is 11.7 Å². The van der Waals surface area contributed by atoms with E-state index in [1.807, 2.05) is 31.2 Å². The summed E-state index contributed by atoms with van der Waals surface area (Å²) in [6, 6.07) is 8.01. The molecule has 1 amide bonds. The van der Waals surface area contributed by atoms with Crippen molar-refractivity contribution in [3.05, 3.63) is 29.8 Å². The fraction of sp³-hybridized carbons (Fsp3) is 0.182. The summed E-state index contributed by atoms with van der Waals surface area (Å²) in [5.41, 5.74) is 7.26. The Bertz CT molecular complexity index is 522. The Kier molecular flexibility index (Phi) is 3.75. The third kappa shape index (κ3) is 3.28. The van der Waals surface area contributed by atoms with Crippen LogP contribution in [-0.2, 0) is 4.79 Å². The highest BCUT2D eigenvalue weighted by Crippen LogP contribution is 2.24. The minimum absolute atomic E-state index is 0.239. The largest absolute Gasteiger partial charge is 0.369 e. The Labute approximate surface area is 107 Å². The van der Waals surface area contributed by atoms with Gasteiger partial charge in [0.1, 0.15) is 0 Å². The molecule has 88 valence electrons. The Morgan fingerprint density at radius 2 is 2.12 bits per heavy atom. The van der Waals surface area contributed by atoms with Crippen molar-refractivity contribution in [2.24, 2.45) is 5.73 Å². The summed E-state index contributed by atoms with van der Waals surface area (Å²) in [5, 5.41) is 0. The fourth-order valence-electron chi connectivity index (χ4n) is 1.22. The quantitative estimate of drug-likeness (QED) is 0.859. The van der Waals surface area contributed by atoms with E-state index in [1.165, 1.54) is 28.9 Å². The van der Waals surface area contributed by atoms with Crippen molar-refractivity contribution < 1.29 is 4.79 Å². The first-order chi connectivity index (χ1) is 8.15. The van der Waals surface area contributed by atoms with Crippen LogP contribution in [0.25, 0.3) is 11.4 Å². The number of amides is 1. The summed E-state index contributed by atoms with van der Waals surface area (Å²) in [6.07, 6.45) is 0. The highest BCUT2D eigenvalue weighted by atomic mass is 32.2. The summed E-state index contributed by atoms with van der Waals surface area (Å²) >= 11 is 2.60. The highest BCUT2D eigenvalue weighted by molar-refractivity contribution is 8.01. The monoisotopic (exact) mass is 265 g/mol. The second kappa shape index (κ2) is 5.29. The number of rotatable bonds is 4. The highest BCUT2D eigenvalue weighted by Gasteiger charge is 2.07.